The summed E-state index contributed by atoms with van der Waals surface area (Å²) in [6.07, 6.45) is 2.45. The third-order valence-corrected chi connectivity index (χ3v) is 2.76. The summed E-state index contributed by atoms with van der Waals surface area (Å²) in [5.74, 6) is 1.72. The van der Waals surface area contributed by atoms with E-state index in [4.69, 9.17) is 14.2 Å². The molecule has 1 aromatic carbocycles. The monoisotopic (exact) mass is 281 g/mol. The molecule has 0 saturated carbocycles. The van der Waals surface area contributed by atoms with E-state index in [0.717, 1.165) is 31.2 Å². The van der Waals surface area contributed by atoms with Gasteiger partial charge in [0.1, 0.15) is 18.1 Å². The van der Waals surface area contributed by atoms with Crippen molar-refractivity contribution in [3.05, 3.63) is 24.3 Å². The Labute approximate surface area is 122 Å². The third kappa shape index (κ3) is 8.02. The van der Waals surface area contributed by atoms with Crippen LogP contribution in [0, 0.1) is 0 Å². The Morgan fingerprint density at radius 2 is 1.55 bits per heavy atom. The minimum absolute atomic E-state index is 0.572. The van der Waals surface area contributed by atoms with Gasteiger partial charge in [0.25, 0.3) is 0 Å². The minimum Gasteiger partial charge on any atom is -0.494 e. The summed E-state index contributed by atoms with van der Waals surface area (Å²) in [4.78, 5) is 0. The smallest absolute Gasteiger partial charge is 0.119 e. The van der Waals surface area contributed by atoms with Crippen LogP contribution in [0.15, 0.2) is 24.3 Å². The van der Waals surface area contributed by atoms with Crippen LogP contribution in [0.1, 0.15) is 26.7 Å². The van der Waals surface area contributed by atoms with Gasteiger partial charge in [0.05, 0.1) is 19.8 Å². The molecular weight excluding hydrogens is 254 g/mol. The van der Waals surface area contributed by atoms with E-state index in [1.807, 2.05) is 31.2 Å². The van der Waals surface area contributed by atoms with Crippen molar-refractivity contribution >= 4 is 0 Å². The highest BCUT2D eigenvalue weighted by atomic mass is 16.5. The second-order valence-electron chi connectivity index (χ2n) is 4.47. The zero-order valence-electron chi connectivity index (χ0n) is 12.7. The van der Waals surface area contributed by atoms with E-state index in [2.05, 4.69) is 12.2 Å². The van der Waals surface area contributed by atoms with Crippen LogP contribution < -0.4 is 14.8 Å². The first-order valence-electron chi connectivity index (χ1n) is 7.51. The van der Waals surface area contributed by atoms with Gasteiger partial charge in [-0.05, 0) is 44.2 Å². The first kappa shape index (κ1) is 16.8. The number of nitrogens with one attached hydrogen (secondary N) is 1. The van der Waals surface area contributed by atoms with Crippen molar-refractivity contribution < 1.29 is 14.2 Å². The SMILES string of the molecule is CCCCNCCOCCOc1ccc(OCC)cc1. The van der Waals surface area contributed by atoms with Crippen molar-refractivity contribution in [2.75, 3.05) is 39.5 Å². The van der Waals surface area contributed by atoms with Crippen molar-refractivity contribution in [1.29, 1.82) is 0 Å². The first-order chi connectivity index (χ1) is 9.86. The number of hydrogen-bond donors (Lipinski definition) is 1. The lowest BCUT2D eigenvalue weighted by atomic mass is 10.3. The van der Waals surface area contributed by atoms with Crippen molar-refractivity contribution in [3.8, 4) is 11.5 Å². The molecule has 1 rings (SSSR count). The maximum Gasteiger partial charge on any atom is 0.119 e. The lowest BCUT2D eigenvalue weighted by molar-refractivity contribution is 0.102. The zero-order valence-corrected chi connectivity index (χ0v) is 12.7. The summed E-state index contributed by atoms with van der Waals surface area (Å²) in [5, 5.41) is 3.33. The lowest BCUT2D eigenvalue weighted by Crippen LogP contribution is -2.21. The molecule has 0 heterocycles. The van der Waals surface area contributed by atoms with Crippen molar-refractivity contribution in [2.24, 2.45) is 0 Å². The van der Waals surface area contributed by atoms with Crippen LogP contribution >= 0.6 is 0 Å². The maximum atomic E-state index is 5.58. The normalized spacial score (nSPS) is 10.5. The Bertz CT molecular complexity index is 327. The summed E-state index contributed by atoms with van der Waals surface area (Å²) < 4.78 is 16.4. The molecule has 0 aliphatic carbocycles. The molecule has 0 fully saturated rings. The quantitative estimate of drug-likeness (QED) is 0.598. The van der Waals surface area contributed by atoms with E-state index in [1.54, 1.807) is 0 Å². The first-order valence-corrected chi connectivity index (χ1v) is 7.51. The summed E-state index contributed by atoms with van der Waals surface area (Å²) in [7, 11) is 0. The molecule has 0 spiro atoms. The zero-order chi connectivity index (χ0) is 14.5. The molecule has 1 aromatic rings. The van der Waals surface area contributed by atoms with Crippen LogP contribution in [0.25, 0.3) is 0 Å². The van der Waals surface area contributed by atoms with Gasteiger partial charge in [0, 0.05) is 6.54 Å². The molecule has 0 unspecified atom stereocenters. The molecule has 4 nitrogen and oxygen atoms in total. The van der Waals surface area contributed by atoms with Crippen LogP contribution in [0.4, 0.5) is 0 Å². The van der Waals surface area contributed by atoms with E-state index >= 15 is 0 Å². The maximum absolute atomic E-state index is 5.58. The van der Waals surface area contributed by atoms with Gasteiger partial charge < -0.3 is 19.5 Å². The fourth-order valence-electron chi connectivity index (χ4n) is 1.69. The van der Waals surface area contributed by atoms with Gasteiger partial charge in [-0.15, -0.1) is 0 Å². The molecule has 114 valence electrons. The average Bonchev–Trinajstić information content (AvgIpc) is 2.47. The molecule has 0 aromatic heterocycles. The number of rotatable bonds is 12. The number of ether oxygens (including phenoxy) is 3. The Morgan fingerprint density at radius 1 is 0.850 bits per heavy atom. The second-order valence-corrected chi connectivity index (χ2v) is 4.47. The Hall–Kier alpha value is -1.26. The number of unbranched alkanes of at least 4 members (excludes halogenated alkanes) is 1. The molecular formula is C16H27NO3. The third-order valence-electron chi connectivity index (χ3n) is 2.76. The molecule has 20 heavy (non-hydrogen) atoms. The molecule has 0 radical (unpaired) electrons. The van der Waals surface area contributed by atoms with Crippen LogP contribution in [0.5, 0.6) is 11.5 Å². The fraction of sp³-hybridized carbons (Fsp3) is 0.625. The van der Waals surface area contributed by atoms with E-state index in [0.29, 0.717) is 19.8 Å². The van der Waals surface area contributed by atoms with E-state index in [-0.39, 0.29) is 0 Å². The van der Waals surface area contributed by atoms with Gasteiger partial charge in [-0.25, -0.2) is 0 Å². The van der Waals surface area contributed by atoms with Crippen molar-refractivity contribution in [1.82, 2.24) is 5.32 Å². The molecule has 0 bridgehead atoms. The summed E-state index contributed by atoms with van der Waals surface area (Å²) in [6, 6.07) is 7.66. The van der Waals surface area contributed by atoms with Crippen LogP contribution in [0.3, 0.4) is 0 Å². The molecule has 4 heteroatoms. The van der Waals surface area contributed by atoms with Crippen LogP contribution in [-0.4, -0.2) is 39.5 Å². The van der Waals surface area contributed by atoms with Gasteiger partial charge in [0.2, 0.25) is 0 Å². The molecule has 0 saturated heterocycles. The van der Waals surface area contributed by atoms with Gasteiger partial charge in [-0.3, -0.25) is 0 Å². The highest BCUT2D eigenvalue weighted by Gasteiger charge is 1.96. The average molecular weight is 281 g/mol. The Kier molecular flexibility index (Phi) is 9.70. The molecule has 1 N–H and O–H groups in total. The molecule has 0 amide bonds. The topological polar surface area (TPSA) is 39.7 Å². The van der Waals surface area contributed by atoms with E-state index in [1.165, 1.54) is 12.8 Å². The molecule has 0 atom stereocenters. The number of benzene rings is 1. The highest BCUT2D eigenvalue weighted by Crippen LogP contribution is 2.17. The summed E-state index contributed by atoms with van der Waals surface area (Å²) >= 11 is 0. The van der Waals surface area contributed by atoms with Gasteiger partial charge in [-0.2, -0.15) is 0 Å². The van der Waals surface area contributed by atoms with Crippen molar-refractivity contribution in [2.45, 2.75) is 26.7 Å². The van der Waals surface area contributed by atoms with Crippen LogP contribution in [-0.2, 0) is 4.74 Å². The Morgan fingerprint density at radius 3 is 2.20 bits per heavy atom. The predicted octanol–water partition coefficient (Wildman–Crippen LogP) is 2.87. The van der Waals surface area contributed by atoms with E-state index < -0.39 is 0 Å². The molecule has 0 aliphatic rings. The van der Waals surface area contributed by atoms with Crippen LogP contribution in [0.2, 0.25) is 0 Å². The summed E-state index contributed by atoms with van der Waals surface area (Å²) in [5.41, 5.74) is 0. The fourth-order valence-corrected chi connectivity index (χ4v) is 1.69. The predicted molar refractivity (Wildman–Crippen MR) is 81.7 cm³/mol. The highest BCUT2D eigenvalue weighted by molar-refractivity contribution is 5.31. The molecule has 0 aliphatic heterocycles. The standard InChI is InChI=1S/C16H27NO3/c1-3-5-10-17-11-12-18-13-14-20-16-8-6-15(7-9-16)19-4-2/h6-9,17H,3-5,10-14H2,1-2H3. The van der Waals surface area contributed by atoms with Crippen molar-refractivity contribution in [3.63, 3.8) is 0 Å². The van der Waals surface area contributed by atoms with E-state index in [9.17, 15) is 0 Å². The Balaban J connectivity index is 1.98. The summed E-state index contributed by atoms with van der Waals surface area (Å²) in [6.45, 7) is 8.74. The minimum atomic E-state index is 0.572. The van der Waals surface area contributed by atoms with Gasteiger partial charge in [-0.1, -0.05) is 13.3 Å². The largest absolute Gasteiger partial charge is 0.494 e. The van der Waals surface area contributed by atoms with Gasteiger partial charge >= 0.3 is 0 Å². The second kappa shape index (κ2) is 11.6. The van der Waals surface area contributed by atoms with Gasteiger partial charge in [0.15, 0.2) is 0 Å². The lowest BCUT2D eigenvalue weighted by Gasteiger charge is -2.08. The number of hydrogen-bond acceptors (Lipinski definition) is 4.